The van der Waals surface area contributed by atoms with Crippen LogP contribution in [0.25, 0.3) is 0 Å². The molecule has 1 fully saturated rings. The molecule has 0 aromatic carbocycles. The van der Waals surface area contributed by atoms with Crippen molar-refractivity contribution in [3.63, 3.8) is 0 Å². The molecule has 2 rings (SSSR count). The van der Waals surface area contributed by atoms with E-state index in [0.29, 0.717) is 0 Å². The van der Waals surface area contributed by atoms with Crippen LogP contribution in [0.1, 0.15) is 11.7 Å². The summed E-state index contributed by atoms with van der Waals surface area (Å²) in [6.07, 6.45) is 0. The predicted molar refractivity (Wildman–Crippen MR) is 54.3 cm³/mol. The summed E-state index contributed by atoms with van der Waals surface area (Å²) >= 11 is 0. The van der Waals surface area contributed by atoms with Crippen molar-refractivity contribution >= 4 is 0 Å². The first kappa shape index (κ1) is 9.48. The highest BCUT2D eigenvalue weighted by molar-refractivity contribution is 5.08. The van der Waals surface area contributed by atoms with Crippen LogP contribution in [0.4, 0.5) is 0 Å². The van der Waals surface area contributed by atoms with Crippen LogP contribution in [0.3, 0.4) is 0 Å². The summed E-state index contributed by atoms with van der Waals surface area (Å²) in [5.74, 6) is 0. The van der Waals surface area contributed by atoms with E-state index in [1.165, 1.54) is 0 Å². The fourth-order valence-corrected chi connectivity index (χ4v) is 1.92. The number of nitrogens with zero attached hydrogens (tertiary/aromatic N) is 2. The number of hydrogen-bond acceptors (Lipinski definition) is 3. The van der Waals surface area contributed by atoms with Gasteiger partial charge < -0.3 is 10.2 Å². The first-order chi connectivity index (χ1) is 6.66. The van der Waals surface area contributed by atoms with Gasteiger partial charge in [-0.1, -0.05) is 0 Å². The van der Waals surface area contributed by atoms with Crippen molar-refractivity contribution < 1.29 is 0 Å². The summed E-state index contributed by atoms with van der Waals surface area (Å²) in [4.78, 5) is 13.4. The fraction of sp³-hybridized carbons (Fsp3) is 0.667. The Bertz CT molecular complexity index is 367. The molecule has 1 aromatic heterocycles. The fourth-order valence-electron chi connectivity index (χ4n) is 1.92. The van der Waals surface area contributed by atoms with Crippen molar-refractivity contribution in [2.75, 3.05) is 26.7 Å². The maximum absolute atomic E-state index is 11.1. The highest BCUT2D eigenvalue weighted by Crippen LogP contribution is 2.13. The number of aryl methyl sites for hydroxylation is 1. The second-order valence-electron chi connectivity index (χ2n) is 3.87. The van der Waals surface area contributed by atoms with Crippen molar-refractivity contribution in [3.8, 4) is 0 Å². The second kappa shape index (κ2) is 3.59. The summed E-state index contributed by atoms with van der Waals surface area (Å²) < 4.78 is 1.79. The van der Waals surface area contributed by atoms with E-state index in [-0.39, 0.29) is 11.6 Å². The smallest absolute Gasteiger partial charge is 0.264 e. The molecule has 1 aromatic rings. The molecule has 1 unspecified atom stereocenters. The molecule has 5 heteroatoms. The molecule has 0 radical (unpaired) electrons. The standard InChI is InChI=1S/C9H16N4O/c1-12-4-3-10-7(6-12)8-5-9(14)11-13(8)2/h5,7,10H,3-4,6H2,1-2H3,(H,11,14). The van der Waals surface area contributed by atoms with Gasteiger partial charge in [0.2, 0.25) is 0 Å². The number of rotatable bonds is 1. The van der Waals surface area contributed by atoms with E-state index >= 15 is 0 Å². The average Bonchev–Trinajstić information content (AvgIpc) is 2.45. The summed E-state index contributed by atoms with van der Waals surface area (Å²) in [6, 6.07) is 1.93. The summed E-state index contributed by atoms with van der Waals surface area (Å²) in [7, 11) is 3.96. The lowest BCUT2D eigenvalue weighted by Crippen LogP contribution is -2.44. The van der Waals surface area contributed by atoms with Crippen LogP contribution in [0.5, 0.6) is 0 Å². The minimum absolute atomic E-state index is 0.0301. The van der Waals surface area contributed by atoms with Gasteiger partial charge in [0.1, 0.15) is 0 Å². The molecule has 1 atom stereocenters. The summed E-state index contributed by atoms with van der Waals surface area (Å²) in [5.41, 5.74) is 0.999. The number of nitrogens with one attached hydrogen (secondary N) is 2. The van der Waals surface area contributed by atoms with Crippen molar-refractivity contribution in [3.05, 3.63) is 22.1 Å². The van der Waals surface area contributed by atoms with Gasteiger partial charge in [0.25, 0.3) is 5.56 Å². The van der Waals surface area contributed by atoms with E-state index in [0.717, 1.165) is 25.3 Å². The molecule has 1 aliphatic rings. The molecule has 14 heavy (non-hydrogen) atoms. The zero-order chi connectivity index (χ0) is 10.1. The maximum atomic E-state index is 11.1. The zero-order valence-corrected chi connectivity index (χ0v) is 8.58. The van der Waals surface area contributed by atoms with Crippen LogP contribution < -0.4 is 10.9 Å². The van der Waals surface area contributed by atoms with E-state index in [4.69, 9.17) is 0 Å². The van der Waals surface area contributed by atoms with Gasteiger partial charge in [-0.2, -0.15) is 0 Å². The zero-order valence-electron chi connectivity index (χ0n) is 8.58. The van der Waals surface area contributed by atoms with Gasteiger partial charge in [-0.3, -0.25) is 14.6 Å². The molecule has 0 spiro atoms. The number of H-pyrrole nitrogens is 1. The maximum Gasteiger partial charge on any atom is 0.264 e. The Kier molecular flexibility index (Phi) is 2.43. The van der Waals surface area contributed by atoms with Crippen molar-refractivity contribution in [1.29, 1.82) is 0 Å². The largest absolute Gasteiger partial charge is 0.306 e. The Morgan fingerprint density at radius 3 is 2.86 bits per heavy atom. The topological polar surface area (TPSA) is 53.1 Å². The molecule has 0 bridgehead atoms. The average molecular weight is 196 g/mol. The Balaban J connectivity index is 2.21. The molecule has 1 saturated heterocycles. The van der Waals surface area contributed by atoms with Crippen molar-refractivity contribution in [2.24, 2.45) is 7.05 Å². The SMILES string of the molecule is CN1CCNC(c2cc(=O)[nH]n2C)C1. The molecular weight excluding hydrogens is 180 g/mol. The normalized spacial score (nSPS) is 24.0. The molecular formula is C9H16N4O. The molecule has 2 heterocycles. The van der Waals surface area contributed by atoms with Gasteiger partial charge in [-0.15, -0.1) is 0 Å². The number of aromatic nitrogens is 2. The van der Waals surface area contributed by atoms with E-state index in [1.54, 1.807) is 10.7 Å². The summed E-state index contributed by atoms with van der Waals surface area (Å²) in [6.45, 7) is 2.99. The minimum atomic E-state index is -0.0301. The lowest BCUT2D eigenvalue weighted by atomic mass is 10.1. The number of hydrogen-bond donors (Lipinski definition) is 2. The van der Waals surface area contributed by atoms with Gasteiger partial charge >= 0.3 is 0 Å². The second-order valence-corrected chi connectivity index (χ2v) is 3.87. The van der Waals surface area contributed by atoms with E-state index in [9.17, 15) is 4.79 Å². The Hall–Kier alpha value is -1.07. The van der Waals surface area contributed by atoms with Crippen LogP contribution in [0.15, 0.2) is 10.9 Å². The number of piperazine rings is 1. The third-order valence-corrected chi connectivity index (χ3v) is 2.68. The number of likely N-dealkylation sites (N-methyl/N-ethyl adjacent to an activating group) is 1. The minimum Gasteiger partial charge on any atom is -0.306 e. The Morgan fingerprint density at radius 1 is 1.50 bits per heavy atom. The third-order valence-electron chi connectivity index (χ3n) is 2.68. The quantitative estimate of drug-likeness (QED) is 0.624. The van der Waals surface area contributed by atoms with E-state index in [1.807, 2.05) is 7.05 Å². The number of aromatic amines is 1. The molecule has 0 aliphatic carbocycles. The van der Waals surface area contributed by atoms with Crippen LogP contribution in [0.2, 0.25) is 0 Å². The Morgan fingerprint density at radius 2 is 2.29 bits per heavy atom. The lowest BCUT2D eigenvalue weighted by molar-refractivity contribution is 0.235. The molecule has 2 N–H and O–H groups in total. The van der Waals surface area contributed by atoms with Crippen molar-refractivity contribution in [1.82, 2.24) is 20.0 Å². The van der Waals surface area contributed by atoms with Gasteiger partial charge in [0.15, 0.2) is 0 Å². The van der Waals surface area contributed by atoms with Crippen LogP contribution in [-0.2, 0) is 7.05 Å². The summed E-state index contributed by atoms with van der Waals surface area (Å²) in [5, 5.41) is 6.12. The van der Waals surface area contributed by atoms with Crippen molar-refractivity contribution in [2.45, 2.75) is 6.04 Å². The molecule has 0 amide bonds. The lowest BCUT2D eigenvalue weighted by Gasteiger charge is -2.30. The van der Waals surface area contributed by atoms with Crippen LogP contribution >= 0.6 is 0 Å². The predicted octanol–water partition coefficient (Wildman–Crippen LogP) is -0.710. The first-order valence-electron chi connectivity index (χ1n) is 4.84. The van der Waals surface area contributed by atoms with Gasteiger partial charge in [-0.05, 0) is 7.05 Å². The van der Waals surface area contributed by atoms with E-state index in [2.05, 4.69) is 22.4 Å². The molecule has 5 nitrogen and oxygen atoms in total. The molecule has 0 saturated carbocycles. The highest BCUT2D eigenvalue weighted by atomic mass is 16.1. The molecule has 78 valence electrons. The van der Waals surface area contributed by atoms with Gasteiger partial charge in [0.05, 0.1) is 11.7 Å². The van der Waals surface area contributed by atoms with Crippen LogP contribution in [0, 0.1) is 0 Å². The van der Waals surface area contributed by atoms with Gasteiger partial charge in [0, 0.05) is 32.7 Å². The Labute approximate surface area is 82.7 Å². The van der Waals surface area contributed by atoms with Crippen LogP contribution in [-0.4, -0.2) is 41.4 Å². The molecule has 1 aliphatic heterocycles. The first-order valence-corrected chi connectivity index (χ1v) is 4.84. The van der Waals surface area contributed by atoms with Gasteiger partial charge in [-0.25, -0.2) is 0 Å². The third kappa shape index (κ3) is 1.73. The van der Waals surface area contributed by atoms with E-state index < -0.39 is 0 Å². The monoisotopic (exact) mass is 196 g/mol. The highest BCUT2D eigenvalue weighted by Gasteiger charge is 2.20.